The maximum Gasteiger partial charge on any atom is 0.433 e. The average Bonchev–Trinajstić information content (AvgIpc) is 2.97. The maximum atomic E-state index is 13.2. The Bertz CT molecular complexity index is 1010. The molecule has 0 aliphatic rings. The highest BCUT2D eigenvalue weighted by Crippen LogP contribution is 2.38. The van der Waals surface area contributed by atoms with Crippen LogP contribution < -0.4 is 4.72 Å². The molecule has 0 aliphatic carbocycles. The normalized spacial score (nSPS) is 12.9. The van der Waals surface area contributed by atoms with E-state index in [1.54, 1.807) is 0 Å². The Morgan fingerprint density at radius 3 is 2.29 bits per heavy atom. The van der Waals surface area contributed by atoms with Crippen LogP contribution in [0.5, 0.6) is 0 Å². The summed E-state index contributed by atoms with van der Waals surface area (Å²) >= 11 is 5.55. The topological polar surface area (TPSA) is 81.1 Å². The van der Waals surface area contributed by atoms with E-state index in [-0.39, 0.29) is 6.54 Å². The van der Waals surface area contributed by atoms with Crippen molar-refractivity contribution in [3.63, 3.8) is 0 Å². The first kappa shape index (κ1) is 22.0. The van der Waals surface area contributed by atoms with Crippen molar-refractivity contribution >= 4 is 27.5 Å². The van der Waals surface area contributed by atoms with E-state index in [0.717, 1.165) is 12.1 Å². The van der Waals surface area contributed by atoms with Crippen LogP contribution in [0.4, 0.5) is 26.3 Å². The fourth-order valence-corrected chi connectivity index (χ4v) is 4.06. The lowest BCUT2D eigenvalue weighted by Crippen LogP contribution is -2.33. The van der Waals surface area contributed by atoms with E-state index < -0.39 is 55.0 Å². The van der Waals surface area contributed by atoms with Crippen LogP contribution >= 0.6 is 11.6 Å². The van der Waals surface area contributed by atoms with Crippen molar-refractivity contribution < 1.29 is 39.6 Å². The summed E-state index contributed by atoms with van der Waals surface area (Å²) in [5.74, 6) is -1.81. The molecule has 1 aromatic carbocycles. The van der Waals surface area contributed by atoms with Crippen LogP contribution in [0.15, 0.2) is 29.3 Å². The fraction of sp³-hybridized carbons (Fsp3) is 0.286. The summed E-state index contributed by atoms with van der Waals surface area (Å²) in [6.45, 7) is 0.998. The second-order valence-corrected chi connectivity index (χ2v) is 7.30. The molecule has 2 rings (SSSR count). The molecule has 154 valence electrons. The van der Waals surface area contributed by atoms with Gasteiger partial charge in [-0.15, -0.1) is 0 Å². The highest BCUT2D eigenvalue weighted by Gasteiger charge is 2.42. The Morgan fingerprint density at radius 2 is 1.79 bits per heavy atom. The lowest BCUT2D eigenvalue weighted by Gasteiger charge is -2.15. The average molecular weight is 450 g/mol. The quantitative estimate of drug-likeness (QED) is 0.722. The first-order valence-corrected chi connectivity index (χ1v) is 9.12. The molecule has 0 saturated carbocycles. The second-order valence-electron chi connectivity index (χ2n) is 5.27. The summed E-state index contributed by atoms with van der Waals surface area (Å²) in [6.07, 6.45) is -9.75. The predicted molar refractivity (Wildman–Crippen MR) is 84.0 cm³/mol. The summed E-state index contributed by atoms with van der Waals surface area (Å²) in [5.41, 5.74) is -4.39. The first-order chi connectivity index (χ1) is 12.7. The number of hydrogen-bond acceptors (Lipinski definition) is 4. The van der Waals surface area contributed by atoms with Gasteiger partial charge < -0.3 is 0 Å². The number of alkyl halides is 6. The number of aryl methyl sites for hydroxylation is 1. The van der Waals surface area contributed by atoms with Crippen molar-refractivity contribution in [3.8, 4) is 0 Å². The van der Waals surface area contributed by atoms with Crippen LogP contribution in [0, 0.1) is 0 Å². The number of hydrogen-bond donors (Lipinski definition) is 1. The van der Waals surface area contributed by atoms with E-state index in [4.69, 9.17) is 11.6 Å². The summed E-state index contributed by atoms with van der Waals surface area (Å²) in [6, 6.07) is 2.06. The minimum atomic E-state index is -5.27. The standard InChI is InChI=1S/C14H10ClF6N3O3S/c1-2-24-11(14(19,20)21)7(6-22-24)12(25)23-28(26,27)10-8(13(16,17)18)4-3-5-9(10)15/h3-6H,2H2,1H3,(H,23,25). The molecule has 0 unspecified atom stereocenters. The van der Waals surface area contributed by atoms with Gasteiger partial charge in [0.05, 0.1) is 22.3 Å². The van der Waals surface area contributed by atoms with Crippen LogP contribution in [0.25, 0.3) is 0 Å². The van der Waals surface area contributed by atoms with Crippen LogP contribution in [-0.4, -0.2) is 24.1 Å². The zero-order valence-corrected chi connectivity index (χ0v) is 15.3. The number of sulfonamides is 1. The SMILES string of the molecule is CCn1ncc(C(=O)NS(=O)(=O)c2c(Cl)cccc2C(F)(F)F)c1C(F)(F)F. The molecule has 1 heterocycles. The molecule has 1 N–H and O–H groups in total. The molecule has 28 heavy (non-hydrogen) atoms. The molecule has 0 radical (unpaired) electrons. The van der Waals surface area contributed by atoms with Crippen molar-refractivity contribution in [2.24, 2.45) is 0 Å². The molecule has 0 fully saturated rings. The van der Waals surface area contributed by atoms with Crippen molar-refractivity contribution in [1.29, 1.82) is 0 Å². The van der Waals surface area contributed by atoms with Gasteiger partial charge in [-0.2, -0.15) is 31.4 Å². The van der Waals surface area contributed by atoms with Crippen LogP contribution in [-0.2, 0) is 28.9 Å². The second kappa shape index (κ2) is 7.28. The summed E-state index contributed by atoms with van der Waals surface area (Å²) in [7, 11) is -5.27. The maximum absolute atomic E-state index is 13.2. The van der Waals surface area contributed by atoms with E-state index in [9.17, 15) is 39.6 Å². The highest BCUT2D eigenvalue weighted by molar-refractivity contribution is 7.90. The molecule has 0 saturated heterocycles. The molecule has 14 heteroatoms. The van der Waals surface area contributed by atoms with Gasteiger partial charge in [-0.05, 0) is 19.1 Å². The number of aromatic nitrogens is 2. The van der Waals surface area contributed by atoms with Crippen molar-refractivity contribution in [2.45, 2.75) is 30.7 Å². The van der Waals surface area contributed by atoms with Gasteiger partial charge in [-0.1, -0.05) is 17.7 Å². The minimum absolute atomic E-state index is 0.294. The minimum Gasteiger partial charge on any atom is -0.268 e. The van der Waals surface area contributed by atoms with Gasteiger partial charge >= 0.3 is 12.4 Å². The highest BCUT2D eigenvalue weighted by atomic mass is 35.5. The van der Waals surface area contributed by atoms with E-state index in [0.29, 0.717) is 16.9 Å². The van der Waals surface area contributed by atoms with Gasteiger partial charge in [-0.25, -0.2) is 13.1 Å². The summed E-state index contributed by atoms with van der Waals surface area (Å²) in [5, 5.41) is 2.47. The molecule has 1 amide bonds. The van der Waals surface area contributed by atoms with E-state index in [1.807, 2.05) is 0 Å². The van der Waals surface area contributed by atoms with Crippen LogP contribution in [0.3, 0.4) is 0 Å². The van der Waals surface area contributed by atoms with Gasteiger partial charge in [0.15, 0.2) is 5.69 Å². The third kappa shape index (κ3) is 4.24. The molecular weight excluding hydrogens is 440 g/mol. The Hall–Kier alpha value is -2.28. The van der Waals surface area contributed by atoms with Crippen LogP contribution in [0.1, 0.15) is 28.5 Å². The molecule has 0 bridgehead atoms. The molecule has 6 nitrogen and oxygen atoms in total. The Labute approximate surface area is 159 Å². The summed E-state index contributed by atoms with van der Waals surface area (Å²) in [4.78, 5) is 10.7. The number of carbonyl (C=O) groups is 1. The molecule has 0 atom stereocenters. The van der Waals surface area contributed by atoms with Crippen LogP contribution in [0.2, 0.25) is 5.02 Å². The predicted octanol–water partition coefficient (Wildman–Crippen LogP) is 3.71. The number of halogens is 7. The van der Waals surface area contributed by atoms with Crippen molar-refractivity contribution in [3.05, 3.63) is 46.2 Å². The monoisotopic (exact) mass is 449 g/mol. The molecule has 2 aromatic rings. The van der Waals surface area contributed by atoms with Crippen molar-refractivity contribution in [1.82, 2.24) is 14.5 Å². The van der Waals surface area contributed by atoms with Gasteiger partial charge in [0.1, 0.15) is 4.90 Å². The van der Waals surface area contributed by atoms with E-state index in [2.05, 4.69) is 5.10 Å². The first-order valence-electron chi connectivity index (χ1n) is 7.26. The fourth-order valence-electron chi connectivity index (χ4n) is 2.32. The zero-order valence-electron chi connectivity index (χ0n) is 13.7. The zero-order chi connectivity index (χ0) is 21.5. The number of carbonyl (C=O) groups excluding carboxylic acids is 1. The molecule has 1 aromatic heterocycles. The molecule has 0 spiro atoms. The number of benzene rings is 1. The Kier molecular flexibility index (Phi) is 5.72. The van der Waals surface area contributed by atoms with Gasteiger partial charge in [0.2, 0.25) is 0 Å². The molecule has 0 aliphatic heterocycles. The lowest BCUT2D eigenvalue weighted by molar-refractivity contribution is -0.144. The summed E-state index contributed by atoms with van der Waals surface area (Å²) < 4.78 is 105. The van der Waals surface area contributed by atoms with Gasteiger partial charge in [0.25, 0.3) is 15.9 Å². The lowest BCUT2D eigenvalue weighted by atomic mass is 10.2. The van der Waals surface area contributed by atoms with E-state index in [1.165, 1.54) is 11.6 Å². The van der Waals surface area contributed by atoms with E-state index >= 15 is 0 Å². The largest absolute Gasteiger partial charge is 0.433 e. The Balaban J connectivity index is 2.54. The molecular formula is C14H10ClF6N3O3S. The smallest absolute Gasteiger partial charge is 0.268 e. The number of rotatable bonds is 4. The number of nitrogens with one attached hydrogen (secondary N) is 1. The number of amides is 1. The van der Waals surface area contributed by atoms with Gasteiger partial charge in [0, 0.05) is 6.54 Å². The number of nitrogens with zero attached hydrogens (tertiary/aromatic N) is 2. The Morgan fingerprint density at radius 1 is 1.18 bits per heavy atom. The van der Waals surface area contributed by atoms with Gasteiger partial charge in [-0.3, -0.25) is 9.48 Å². The van der Waals surface area contributed by atoms with Crippen molar-refractivity contribution in [2.75, 3.05) is 0 Å². The third-order valence-electron chi connectivity index (χ3n) is 3.42. The third-order valence-corrected chi connectivity index (χ3v) is 5.28.